The van der Waals surface area contributed by atoms with E-state index in [1.165, 1.54) is 12.4 Å². The van der Waals surface area contributed by atoms with Gasteiger partial charge in [0.2, 0.25) is 0 Å². The van der Waals surface area contributed by atoms with E-state index in [9.17, 15) is 5.11 Å². The number of aliphatic hydroxyl groups excluding tert-OH is 1. The Morgan fingerprint density at radius 1 is 1.48 bits per heavy atom. The number of hydrogen-bond acceptors (Lipinski definition) is 6. The fourth-order valence-electron chi connectivity index (χ4n) is 1.95. The summed E-state index contributed by atoms with van der Waals surface area (Å²) in [7, 11) is 0. The van der Waals surface area contributed by atoms with Crippen molar-refractivity contribution < 1.29 is 47.3 Å². The molecule has 0 saturated carbocycles. The second-order valence-electron chi connectivity index (χ2n) is 4.98. The van der Waals surface area contributed by atoms with Gasteiger partial charge < -0.3 is 26.8 Å². The van der Waals surface area contributed by atoms with Gasteiger partial charge in [-0.3, -0.25) is 6.42 Å². The summed E-state index contributed by atoms with van der Waals surface area (Å²) in [6.07, 6.45) is 3.20. The van der Waals surface area contributed by atoms with Crippen molar-refractivity contribution in [3.05, 3.63) is 30.9 Å². The van der Waals surface area contributed by atoms with E-state index >= 15 is 0 Å². The minimum Gasteiger partial charge on any atom is -0.423 e. The Balaban J connectivity index is 0.00000220. The molecule has 0 aromatic carbocycles. The summed E-state index contributed by atoms with van der Waals surface area (Å²) in [5.41, 5.74) is 0. The average Bonchev–Trinajstić information content (AvgIpc) is 2.61. The first-order valence-electron chi connectivity index (χ1n) is 6.29. The van der Waals surface area contributed by atoms with Gasteiger partial charge in [0, 0.05) is 51.6 Å². The number of hydrogen-bond donors (Lipinski definition) is 2. The van der Waals surface area contributed by atoms with E-state index in [0.717, 1.165) is 0 Å². The van der Waals surface area contributed by atoms with Gasteiger partial charge in [0.15, 0.2) is 16.8 Å². The first kappa shape index (κ1) is 19.2. The maximum atomic E-state index is 9.98. The molecule has 1 unspecified atom stereocenters. The summed E-state index contributed by atoms with van der Waals surface area (Å²) in [5, 5.41) is 13.2. The first-order chi connectivity index (χ1) is 9.37. The molecule has 2 rings (SSSR count). The van der Waals surface area contributed by atoms with Crippen molar-refractivity contribution in [2.24, 2.45) is 0 Å². The van der Waals surface area contributed by atoms with Gasteiger partial charge in [0.25, 0.3) is 0 Å². The van der Waals surface area contributed by atoms with Crippen molar-refractivity contribution in [2.45, 2.75) is 37.9 Å². The topological polar surface area (TPSA) is 76.5 Å². The van der Waals surface area contributed by atoms with Crippen molar-refractivity contribution in [1.82, 2.24) is 9.97 Å². The molecule has 6 nitrogen and oxygen atoms in total. The third-order valence-electron chi connectivity index (χ3n) is 2.77. The van der Waals surface area contributed by atoms with Crippen molar-refractivity contribution in [1.29, 1.82) is 0 Å². The van der Waals surface area contributed by atoms with E-state index in [0.29, 0.717) is 5.82 Å². The van der Waals surface area contributed by atoms with Gasteiger partial charge in [0.1, 0.15) is 0 Å². The van der Waals surface area contributed by atoms with Gasteiger partial charge in [-0.05, 0) is 20.0 Å². The van der Waals surface area contributed by atoms with Crippen molar-refractivity contribution in [3.63, 3.8) is 0 Å². The monoisotopic (exact) mass is 388 g/mol. The molecule has 0 bridgehead atoms. The maximum Gasteiger partial charge on any atom is 0.171 e. The van der Waals surface area contributed by atoms with Crippen LogP contribution in [0.15, 0.2) is 12.4 Å². The van der Waals surface area contributed by atoms with Crippen molar-refractivity contribution in [2.75, 3.05) is 11.9 Å². The normalized spacial score (nSPS) is 25.2. The molecule has 2 heterocycles. The minimum absolute atomic E-state index is 0. The zero-order valence-corrected chi connectivity index (χ0v) is 15.6. The molecule has 1 saturated heterocycles. The zero-order valence-electron chi connectivity index (χ0n) is 12.0. The molecule has 3 atom stereocenters. The SMILES string of the molecule is [CH2-][C@H]1OC(C)(C)O[C@H]1[CH-]C(O)CNc1nccnc1Cl.[Y]. The van der Waals surface area contributed by atoms with Crippen LogP contribution >= 0.6 is 11.6 Å². The second kappa shape index (κ2) is 8.13. The number of ether oxygens (including phenoxy) is 2. The van der Waals surface area contributed by atoms with Crippen LogP contribution < -0.4 is 5.32 Å². The van der Waals surface area contributed by atoms with Gasteiger partial charge in [-0.2, -0.15) is 0 Å². The Morgan fingerprint density at radius 3 is 2.71 bits per heavy atom. The van der Waals surface area contributed by atoms with E-state index in [2.05, 4.69) is 22.2 Å². The third kappa shape index (κ3) is 5.69. The number of nitrogens with zero attached hydrogens (tertiary/aromatic N) is 2. The standard InChI is InChI=1S/C13H18ClN3O3.Y/c1-8-10(20-13(2,3)19-8)6-9(18)7-17-12-11(14)15-4-5-16-12;/h4-6,8-10,18H,1,7H2,2-3H3,(H,16,17);/q-2;/t8-,9?,10+;/m1./s1. The summed E-state index contributed by atoms with van der Waals surface area (Å²) in [6.45, 7) is 7.71. The number of halogens is 1. The van der Waals surface area contributed by atoms with E-state index in [4.69, 9.17) is 21.1 Å². The summed E-state index contributed by atoms with van der Waals surface area (Å²) in [5.74, 6) is -0.258. The van der Waals surface area contributed by atoms with Crippen LogP contribution in [0.4, 0.5) is 5.82 Å². The molecule has 1 fully saturated rings. The van der Waals surface area contributed by atoms with Gasteiger partial charge in [-0.1, -0.05) is 23.8 Å². The Morgan fingerprint density at radius 2 is 2.14 bits per heavy atom. The fourth-order valence-corrected chi connectivity index (χ4v) is 2.13. The molecule has 0 aliphatic carbocycles. The molecule has 21 heavy (non-hydrogen) atoms. The molecular weight excluding hydrogens is 371 g/mol. The average molecular weight is 389 g/mol. The van der Waals surface area contributed by atoms with Gasteiger partial charge in [-0.15, -0.1) is 0 Å². The number of rotatable bonds is 5. The molecule has 8 heteroatoms. The van der Waals surface area contributed by atoms with Gasteiger partial charge in [-0.25, -0.2) is 9.97 Å². The van der Waals surface area contributed by atoms with Crippen LogP contribution in [0.25, 0.3) is 0 Å². The first-order valence-corrected chi connectivity index (χ1v) is 6.67. The smallest absolute Gasteiger partial charge is 0.171 e. The zero-order chi connectivity index (χ0) is 14.8. The van der Waals surface area contributed by atoms with Crippen molar-refractivity contribution >= 4 is 17.4 Å². The molecule has 1 aromatic rings. The molecule has 1 aliphatic heterocycles. The number of anilines is 1. The Kier molecular flexibility index (Phi) is 7.44. The molecule has 0 amide bonds. The van der Waals surface area contributed by atoms with Crippen LogP contribution in [0.1, 0.15) is 13.8 Å². The van der Waals surface area contributed by atoms with Crippen LogP contribution in [0.5, 0.6) is 0 Å². The third-order valence-corrected chi connectivity index (χ3v) is 3.04. The molecule has 1 aromatic heterocycles. The van der Waals surface area contributed by atoms with E-state index < -0.39 is 11.9 Å². The molecule has 1 aliphatic rings. The quantitative estimate of drug-likeness (QED) is 0.744. The summed E-state index contributed by atoms with van der Waals surface area (Å²) in [6, 6.07) is 0. The van der Waals surface area contributed by atoms with Gasteiger partial charge in [0.05, 0.1) is 0 Å². The Labute approximate surface area is 154 Å². The Bertz CT molecular complexity index is 464. The molecular formula is C13H18ClN3O3Y-2. The van der Waals surface area contributed by atoms with Crippen LogP contribution in [0.3, 0.4) is 0 Å². The second-order valence-corrected chi connectivity index (χ2v) is 5.33. The van der Waals surface area contributed by atoms with E-state index in [1.54, 1.807) is 6.42 Å². The predicted octanol–water partition coefficient (Wildman–Crippen LogP) is 1.46. The summed E-state index contributed by atoms with van der Waals surface area (Å²) >= 11 is 5.86. The Hall–Kier alpha value is 0.154. The van der Waals surface area contributed by atoms with Crippen molar-refractivity contribution in [3.8, 4) is 0 Å². The van der Waals surface area contributed by atoms with Crippen LogP contribution in [-0.4, -0.2) is 45.7 Å². The van der Waals surface area contributed by atoms with E-state index in [-0.39, 0.29) is 56.6 Å². The maximum absolute atomic E-state index is 9.98. The fraction of sp³-hybridized carbons (Fsp3) is 0.538. The van der Waals surface area contributed by atoms with Gasteiger partial charge >= 0.3 is 0 Å². The van der Waals surface area contributed by atoms with E-state index in [1.807, 2.05) is 13.8 Å². The molecule has 0 spiro atoms. The number of aliphatic hydroxyl groups is 1. The van der Waals surface area contributed by atoms with Crippen LogP contribution in [0.2, 0.25) is 5.15 Å². The largest absolute Gasteiger partial charge is 0.423 e. The summed E-state index contributed by atoms with van der Waals surface area (Å²) < 4.78 is 11.1. The predicted molar refractivity (Wildman–Crippen MR) is 75.0 cm³/mol. The molecule has 1 radical (unpaired) electrons. The number of nitrogens with one attached hydrogen (secondary N) is 1. The summed E-state index contributed by atoms with van der Waals surface area (Å²) in [4.78, 5) is 7.91. The number of aromatic nitrogens is 2. The molecule has 2 N–H and O–H groups in total. The van der Waals surface area contributed by atoms with Crippen LogP contribution in [-0.2, 0) is 42.2 Å². The minimum atomic E-state index is -0.750. The van der Waals surface area contributed by atoms with Crippen LogP contribution in [0, 0.1) is 13.3 Å². The molecule has 115 valence electrons.